The average molecular weight is 363 g/mol. The van der Waals surface area contributed by atoms with E-state index < -0.39 is 5.97 Å². The lowest BCUT2D eigenvalue weighted by molar-refractivity contribution is 0.0697. The topological polar surface area (TPSA) is 37.3 Å². The molecule has 2 aromatic carbocycles. The van der Waals surface area contributed by atoms with E-state index >= 15 is 0 Å². The van der Waals surface area contributed by atoms with Gasteiger partial charge in [0.25, 0.3) is 0 Å². The fourth-order valence-corrected chi connectivity index (χ4v) is 4.29. The minimum absolute atomic E-state index is 0.149. The van der Waals surface area contributed by atoms with E-state index in [1.807, 2.05) is 12.1 Å². The van der Waals surface area contributed by atoms with Crippen molar-refractivity contribution in [2.75, 3.05) is 0 Å². The molecular formula is C25H30O2. The Balaban J connectivity index is 2.14. The maximum atomic E-state index is 11.1. The third-order valence-electron chi connectivity index (χ3n) is 6.03. The van der Waals surface area contributed by atoms with Crippen LogP contribution in [0, 0.1) is 6.92 Å². The molecule has 0 saturated heterocycles. The number of aromatic carboxylic acids is 1. The lowest BCUT2D eigenvalue weighted by Gasteiger charge is -2.43. The summed E-state index contributed by atoms with van der Waals surface area (Å²) in [4.78, 5) is 11.1. The highest BCUT2D eigenvalue weighted by Gasteiger charge is 2.38. The van der Waals surface area contributed by atoms with E-state index in [4.69, 9.17) is 5.11 Å². The molecule has 2 heteroatoms. The van der Waals surface area contributed by atoms with Gasteiger partial charge >= 0.3 is 5.97 Å². The van der Waals surface area contributed by atoms with E-state index in [-0.39, 0.29) is 10.8 Å². The Kier molecular flexibility index (Phi) is 4.80. The monoisotopic (exact) mass is 362 g/mol. The Morgan fingerprint density at radius 2 is 1.59 bits per heavy atom. The van der Waals surface area contributed by atoms with Crippen LogP contribution in [-0.4, -0.2) is 11.1 Å². The van der Waals surface area contributed by atoms with E-state index in [0.717, 1.165) is 5.56 Å². The van der Waals surface area contributed by atoms with Crippen LogP contribution in [0.1, 0.15) is 85.6 Å². The smallest absolute Gasteiger partial charge is 0.335 e. The largest absolute Gasteiger partial charge is 0.478 e. The second kappa shape index (κ2) is 6.67. The molecule has 1 aliphatic rings. The third-order valence-corrected chi connectivity index (χ3v) is 6.03. The Bertz CT molecular complexity index is 912. The van der Waals surface area contributed by atoms with Crippen molar-refractivity contribution >= 4 is 17.6 Å². The van der Waals surface area contributed by atoms with Gasteiger partial charge in [0.2, 0.25) is 0 Å². The molecule has 0 spiro atoms. The summed E-state index contributed by atoms with van der Waals surface area (Å²) in [6, 6.07) is 11.8. The molecule has 3 rings (SSSR count). The van der Waals surface area contributed by atoms with Gasteiger partial charge < -0.3 is 5.11 Å². The number of hydrogen-bond acceptors (Lipinski definition) is 1. The molecule has 1 N–H and O–H groups in total. The maximum Gasteiger partial charge on any atom is 0.335 e. The van der Waals surface area contributed by atoms with Crippen LogP contribution >= 0.6 is 0 Å². The van der Waals surface area contributed by atoms with Gasteiger partial charge in [0.15, 0.2) is 0 Å². The first-order chi connectivity index (χ1) is 12.5. The Labute approximate surface area is 162 Å². The molecule has 0 heterocycles. The molecule has 2 aromatic rings. The predicted molar refractivity (Wildman–Crippen MR) is 113 cm³/mol. The van der Waals surface area contributed by atoms with E-state index in [2.05, 4.69) is 59.8 Å². The van der Waals surface area contributed by atoms with Gasteiger partial charge in [-0.3, -0.25) is 0 Å². The second-order valence-electron chi connectivity index (χ2n) is 9.26. The number of rotatable bonds is 3. The second-order valence-corrected chi connectivity index (χ2v) is 9.26. The van der Waals surface area contributed by atoms with Gasteiger partial charge in [-0.1, -0.05) is 63.6 Å². The summed E-state index contributed by atoms with van der Waals surface area (Å²) < 4.78 is 0. The van der Waals surface area contributed by atoms with Gasteiger partial charge in [0, 0.05) is 0 Å². The SMILES string of the molecule is C/C(=C\c1ccc(C(=O)O)cc1)c1cc(C)cc2c1C(C)(C)CCC2(C)C. The van der Waals surface area contributed by atoms with Gasteiger partial charge in [-0.25, -0.2) is 4.79 Å². The predicted octanol–water partition coefficient (Wildman–Crippen LogP) is 6.60. The first-order valence-electron chi connectivity index (χ1n) is 9.69. The summed E-state index contributed by atoms with van der Waals surface area (Å²) in [5.74, 6) is -0.890. The van der Waals surface area contributed by atoms with Crippen molar-refractivity contribution in [1.29, 1.82) is 0 Å². The summed E-state index contributed by atoms with van der Waals surface area (Å²) in [5, 5.41) is 9.09. The van der Waals surface area contributed by atoms with Crippen LogP contribution in [0.25, 0.3) is 11.6 Å². The van der Waals surface area contributed by atoms with Crippen molar-refractivity contribution in [2.24, 2.45) is 0 Å². The van der Waals surface area contributed by atoms with Gasteiger partial charge in [-0.15, -0.1) is 0 Å². The standard InChI is InChI=1S/C25H30O2/c1-16-13-20(17(2)15-18-7-9-19(10-8-18)23(26)27)22-21(14-16)24(3,4)11-12-25(22,5)6/h7-10,13-15H,11-12H2,1-6H3,(H,26,27)/b17-15+. The molecule has 0 fully saturated rings. The number of allylic oxidation sites excluding steroid dienone is 1. The number of fused-ring (bicyclic) bond motifs is 1. The first kappa shape index (κ1) is 19.4. The molecule has 0 aromatic heterocycles. The van der Waals surface area contributed by atoms with Gasteiger partial charge in [0.1, 0.15) is 0 Å². The van der Waals surface area contributed by atoms with Crippen LogP contribution < -0.4 is 0 Å². The number of benzene rings is 2. The van der Waals surface area contributed by atoms with Crippen molar-refractivity contribution in [1.82, 2.24) is 0 Å². The van der Waals surface area contributed by atoms with Crippen molar-refractivity contribution in [2.45, 2.75) is 65.2 Å². The van der Waals surface area contributed by atoms with Crippen molar-refractivity contribution in [3.63, 3.8) is 0 Å². The minimum atomic E-state index is -0.890. The molecule has 0 unspecified atom stereocenters. The van der Waals surface area contributed by atoms with Gasteiger partial charge in [-0.2, -0.15) is 0 Å². The summed E-state index contributed by atoms with van der Waals surface area (Å²) in [7, 11) is 0. The van der Waals surface area contributed by atoms with Crippen molar-refractivity contribution in [3.05, 3.63) is 69.8 Å². The summed E-state index contributed by atoms with van der Waals surface area (Å²) >= 11 is 0. The molecule has 0 atom stereocenters. The lowest BCUT2D eigenvalue weighted by Crippen LogP contribution is -2.35. The molecule has 0 saturated carbocycles. The number of carbonyl (C=O) groups is 1. The van der Waals surface area contributed by atoms with Crippen LogP contribution in [0.15, 0.2) is 36.4 Å². The Morgan fingerprint density at radius 3 is 2.19 bits per heavy atom. The zero-order valence-corrected chi connectivity index (χ0v) is 17.3. The van der Waals surface area contributed by atoms with Gasteiger partial charge in [0.05, 0.1) is 5.56 Å². The molecule has 2 nitrogen and oxygen atoms in total. The molecular weight excluding hydrogens is 332 g/mol. The zero-order chi connectivity index (χ0) is 20.0. The van der Waals surface area contributed by atoms with E-state index in [1.165, 1.54) is 40.7 Å². The molecule has 1 aliphatic carbocycles. The highest BCUT2D eigenvalue weighted by atomic mass is 16.4. The summed E-state index contributed by atoms with van der Waals surface area (Å²) in [6.07, 6.45) is 4.55. The normalized spacial score (nSPS) is 18.1. The van der Waals surface area contributed by atoms with Crippen LogP contribution in [-0.2, 0) is 10.8 Å². The molecule has 27 heavy (non-hydrogen) atoms. The summed E-state index contributed by atoms with van der Waals surface area (Å²) in [6.45, 7) is 13.8. The van der Waals surface area contributed by atoms with Crippen LogP contribution in [0.3, 0.4) is 0 Å². The van der Waals surface area contributed by atoms with Crippen LogP contribution in [0.5, 0.6) is 0 Å². The van der Waals surface area contributed by atoms with Crippen LogP contribution in [0.4, 0.5) is 0 Å². The molecule has 0 radical (unpaired) electrons. The van der Waals surface area contributed by atoms with Crippen molar-refractivity contribution in [3.8, 4) is 0 Å². The zero-order valence-electron chi connectivity index (χ0n) is 17.3. The molecule has 142 valence electrons. The maximum absolute atomic E-state index is 11.1. The fourth-order valence-electron chi connectivity index (χ4n) is 4.29. The van der Waals surface area contributed by atoms with E-state index in [1.54, 1.807) is 12.1 Å². The minimum Gasteiger partial charge on any atom is -0.478 e. The third kappa shape index (κ3) is 3.71. The first-order valence-corrected chi connectivity index (χ1v) is 9.69. The molecule has 0 bridgehead atoms. The van der Waals surface area contributed by atoms with E-state index in [9.17, 15) is 4.79 Å². The number of hydrogen-bond donors (Lipinski definition) is 1. The Morgan fingerprint density at radius 1 is 1.00 bits per heavy atom. The number of carboxylic acids is 1. The quantitative estimate of drug-likeness (QED) is 0.624. The number of aryl methyl sites for hydroxylation is 1. The highest BCUT2D eigenvalue weighted by Crippen LogP contribution is 2.48. The number of carboxylic acid groups (broad SMARTS) is 1. The summed E-state index contributed by atoms with van der Waals surface area (Å²) in [5.41, 5.74) is 8.48. The average Bonchev–Trinajstić information content (AvgIpc) is 2.58. The fraction of sp³-hybridized carbons (Fsp3) is 0.400. The van der Waals surface area contributed by atoms with E-state index in [0.29, 0.717) is 5.56 Å². The van der Waals surface area contributed by atoms with Gasteiger partial charge in [-0.05, 0) is 77.5 Å². The molecule has 0 aliphatic heterocycles. The highest BCUT2D eigenvalue weighted by molar-refractivity contribution is 5.88. The molecule has 0 amide bonds. The van der Waals surface area contributed by atoms with Crippen LogP contribution in [0.2, 0.25) is 0 Å². The Hall–Kier alpha value is -2.35. The van der Waals surface area contributed by atoms with Crippen molar-refractivity contribution < 1.29 is 9.90 Å². The lowest BCUT2D eigenvalue weighted by atomic mass is 9.61.